The maximum atomic E-state index is 12.0. The normalized spacial score (nSPS) is 20.3. The van der Waals surface area contributed by atoms with Gasteiger partial charge in [0.1, 0.15) is 6.04 Å². The van der Waals surface area contributed by atoms with Crippen LogP contribution in [0.2, 0.25) is 0 Å². The molecule has 6 heteroatoms. The van der Waals surface area contributed by atoms with Crippen LogP contribution in [-0.2, 0) is 4.79 Å². The van der Waals surface area contributed by atoms with Crippen LogP contribution < -0.4 is 5.32 Å². The van der Waals surface area contributed by atoms with Crippen LogP contribution in [0.1, 0.15) is 32.6 Å². The van der Waals surface area contributed by atoms with E-state index in [0.29, 0.717) is 12.3 Å². The summed E-state index contributed by atoms with van der Waals surface area (Å²) in [6.45, 7) is 3.64. The molecule has 0 aromatic heterocycles. The van der Waals surface area contributed by atoms with Crippen molar-refractivity contribution < 1.29 is 14.7 Å². The molecule has 2 N–H and O–H groups in total. The van der Waals surface area contributed by atoms with E-state index in [-0.39, 0.29) is 6.03 Å². The highest BCUT2D eigenvalue weighted by Crippen LogP contribution is 2.20. The number of hydrogen-bond acceptors (Lipinski definition) is 3. The third-order valence-electron chi connectivity index (χ3n) is 3.48. The van der Waals surface area contributed by atoms with E-state index in [1.54, 1.807) is 16.7 Å². The molecule has 2 amide bonds. The summed E-state index contributed by atoms with van der Waals surface area (Å²) >= 11 is 1.59. The van der Waals surface area contributed by atoms with Gasteiger partial charge in [-0.05, 0) is 37.2 Å². The third-order valence-corrected chi connectivity index (χ3v) is 4.12. The van der Waals surface area contributed by atoms with Gasteiger partial charge in [-0.2, -0.15) is 11.8 Å². The Kier molecular flexibility index (Phi) is 7.05. The van der Waals surface area contributed by atoms with Crippen molar-refractivity contribution >= 4 is 23.8 Å². The van der Waals surface area contributed by atoms with E-state index in [2.05, 4.69) is 12.2 Å². The molecule has 1 fully saturated rings. The number of urea groups is 1. The van der Waals surface area contributed by atoms with Crippen LogP contribution in [0.15, 0.2) is 0 Å². The highest BCUT2D eigenvalue weighted by atomic mass is 32.2. The van der Waals surface area contributed by atoms with Crippen molar-refractivity contribution in [2.24, 2.45) is 5.92 Å². The molecule has 1 aliphatic rings. The highest BCUT2D eigenvalue weighted by molar-refractivity contribution is 7.98. The summed E-state index contributed by atoms with van der Waals surface area (Å²) in [6, 6.07) is -1.00. The monoisotopic (exact) mass is 288 g/mol. The number of carboxylic acid groups (broad SMARTS) is 1. The molecule has 0 aromatic carbocycles. The zero-order valence-corrected chi connectivity index (χ0v) is 12.5. The topological polar surface area (TPSA) is 69.6 Å². The minimum Gasteiger partial charge on any atom is -0.480 e. The van der Waals surface area contributed by atoms with E-state index in [9.17, 15) is 9.59 Å². The summed E-state index contributed by atoms with van der Waals surface area (Å²) in [7, 11) is 0. The van der Waals surface area contributed by atoms with Crippen LogP contribution in [-0.4, -0.2) is 53.1 Å². The molecule has 0 aromatic rings. The molecule has 5 nitrogen and oxygen atoms in total. The van der Waals surface area contributed by atoms with Crippen molar-refractivity contribution in [1.29, 1.82) is 0 Å². The van der Waals surface area contributed by atoms with Crippen molar-refractivity contribution in [2.45, 2.75) is 38.6 Å². The molecular weight excluding hydrogens is 264 g/mol. The molecule has 1 rings (SSSR count). The zero-order chi connectivity index (χ0) is 14.3. The Bertz CT molecular complexity index is 312. The second-order valence-electron chi connectivity index (χ2n) is 5.01. The average Bonchev–Trinajstić information content (AvgIpc) is 2.83. The van der Waals surface area contributed by atoms with E-state index in [1.165, 1.54) is 0 Å². The van der Waals surface area contributed by atoms with Gasteiger partial charge in [-0.15, -0.1) is 0 Å². The van der Waals surface area contributed by atoms with Crippen LogP contribution in [0.5, 0.6) is 0 Å². The number of carboxylic acids is 1. The Morgan fingerprint density at radius 1 is 1.53 bits per heavy atom. The Morgan fingerprint density at radius 2 is 2.26 bits per heavy atom. The Morgan fingerprint density at radius 3 is 2.84 bits per heavy atom. The smallest absolute Gasteiger partial charge is 0.326 e. The lowest BCUT2D eigenvalue weighted by Crippen LogP contribution is -2.47. The van der Waals surface area contributed by atoms with Gasteiger partial charge in [0.2, 0.25) is 0 Å². The third kappa shape index (κ3) is 5.30. The van der Waals surface area contributed by atoms with Gasteiger partial charge in [-0.1, -0.05) is 13.3 Å². The van der Waals surface area contributed by atoms with Crippen molar-refractivity contribution in [3.05, 3.63) is 0 Å². The quantitative estimate of drug-likeness (QED) is 0.752. The number of likely N-dealkylation sites (tertiary alicyclic amines) is 1. The minimum atomic E-state index is -0.952. The fraction of sp³-hybridized carbons (Fsp3) is 0.846. The van der Waals surface area contributed by atoms with E-state index in [0.717, 1.165) is 38.1 Å². The van der Waals surface area contributed by atoms with Crippen molar-refractivity contribution in [3.8, 4) is 0 Å². The van der Waals surface area contributed by atoms with Gasteiger partial charge >= 0.3 is 12.0 Å². The Labute approximate surface area is 119 Å². The first-order valence-corrected chi connectivity index (χ1v) is 8.25. The van der Waals surface area contributed by atoms with Gasteiger partial charge in [0.15, 0.2) is 0 Å². The van der Waals surface area contributed by atoms with Gasteiger partial charge < -0.3 is 15.3 Å². The SMILES string of the molecule is CCCC1CCN(C(=O)N[C@H](CCSC)C(=O)O)C1. The lowest BCUT2D eigenvalue weighted by atomic mass is 10.0. The molecule has 1 aliphatic heterocycles. The van der Waals surface area contributed by atoms with Crippen LogP contribution in [0.3, 0.4) is 0 Å². The predicted octanol–water partition coefficient (Wildman–Crippen LogP) is 2.02. The fourth-order valence-electron chi connectivity index (χ4n) is 2.39. The van der Waals surface area contributed by atoms with Crippen LogP contribution in [0.4, 0.5) is 4.79 Å². The number of carbonyl (C=O) groups is 2. The number of nitrogens with one attached hydrogen (secondary N) is 1. The maximum absolute atomic E-state index is 12.0. The fourth-order valence-corrected chi connectivity index (χ4v) is 2.87. The Hall–Kier alpha value is -0.910. The van der Waals surface area contributed by atoms with E-state index in [4.69, 9.17) is 5.11 Å². The molecule has 110 valence electrons. The van der Waals surface area contributed by atoms with Crippen LogP contribution in [0, 0.1) is 5.92 Å². The second-order valence-corrected chi connectivity index (χ2v) is 6.00. The molecule has 1 unspecified atom stereocenters. The van der Waals surface area contributed by atoms with Crippen LogP contribution in [0.25, 0.3) is 0 Å². The number of rotatable bonds is 7. The number of aliphatic carboxylic acids is 1. The lowest BCUT2D eigenvalue weighted by Gasteiger charge is -2.21. The number of carbonyl (C=O) groups excluding carboxylic acids is 1. The second kappa shape index (κ2) is 8.30. The van der Waals surface area contributed by atoms with Crippen LogP contribution >= 0.6 is 11.8 Å². The summed E-state index contributed by atoms with van der Waals surface area (Å²) in [5.74, 6) is 0.354. The molecule has 0 bridgehead atoms. The number of hydrogen-bond donors (Lipinski definition) is 2. The molecule has 0 aliphatic carbocycles. The molecule has 1 heterocycles. The summed E-state index contributed by atoms with van der Waals surface area (Å²) < 4.78 is 0. The lowest BCUT2D eigenvalue weighted by molar-refractivity contribution is -0.139. The molecule has 1 saturated heterocycles. The molecule has 19 heavy (non-hydrogen) atoms. The van der Waals surface area contributed by atoms with Crippen molar-refractivity contribution in [3.63, 3.8) is 0 Å². The summed E-state index contributed by atoms with van der Waals surface area (Å²) in [5.41, 5.74) is 0. The number of nitrogens with zero attached hydrogens (tertiary/aromatic N) is 1. The number of amides is 2. The molecule has 2 atom stereocenters. The largest absolute Gasteiger partial charge is 0.480 e. The maximum Gasteiger partial charge on any atom is 0.326 e. The highest BCUT2D eigenvalue weighted by Gasteiger charge is 2.28. The van der Waals surface area contributed by atoms with E-state index < -0.39 is 12.0 Å². The van der Waals surface area contributed by atoms with E-state index in [1.807, 2.05) is 6.26 Å². The molecule has 0 spiro atoms. The summed E-state index contributed by atoms with van der Waals surface area (Å²) in [4.78, 5) is 24.8. The number of thioether (sulfide) groups is 1. The van der Waals surface area contributed by atoms with Gasteiger partial charge in [-0.25, -0.2) is 9.59 Å². The molecular formula is C13H24N2O3S. The van der Waals surface area contributed by atoms with Crippen molar-refractivity contribution in [2.75, 3.05) is 25.1 Å². The summed E-state index contributed by atoms with van der Waals surface area (Å²) in [5, 5.41) is 11.7. The van der Waals surface area contributed by atoms with Gasteiger partial charge in [0.25, 0.3) is 0 Å². The van der Waals surface area contributed by atoms with E-state index >= 15 is 0 Å². The average molecular weight is 288 g/mol. The first-order chi connectivity index (χ1) is 9.08. The minimum absolute atomic E-state index is 0.230. The standard InChI is InChI=1S/C13H24N2O3S/c1-3-4-10-5-7-15(9-10)13(18)14-11(12(16)17)6-8-19-2/h10-11H,3-9H2,1-2H3,(H,14,18)(H,16,17)/t10?,11-/m1/s1. The predicted molar refractivity (Wildman–Crippen MR) is 77.5 cm³/mol. The first kappa shape index (κ1) is 16.1. The van der Waals surface area contributed by atoms with Crippen molar-refractivity contribution in [1.82, 2.24) is 10.2 Å². The van der Waals surface area contributed by atoms with Gasteiger partial charge in [-0.3, -0.25) is 0 Å². The van der Waals surface area contributed by atoms with Gasteiger partial charge in [0.05, 0.1) is 0 Å². The van der Waals surface area contributed by atoms with Gasteiger partial charge in [0, 0.05) is 13.1 Å². The Balaban J connectivity index is 2.42. The molecule has 0 saturated carbocycles. The first-order valence-electron chi connectivity index (χ1n) is 6.85. The summed E-state index contributed by atoms with van der Waals surface area (Å²) in [6.07, 6.45) is 5.69. The zero-order valence-electron chi connectivity index (χ0n) is 11.7. The molecule has 0 radical (unpaired) electrons.